The summed E-state index contributed by atoms with van der Waals surface area (Å²) in [6.45, 7) is 3.41. The van der Waals surface area contributed by atoms with Gasteiger partial charge in [-0.05, 0) is 49.4 Å². The second kappa shape index (κ2) is 11.6. The number of rotatable bonds is 10. The second-order valence-electron chi connectivity index (χ2n) is 7.32. The quantitative estimate of drug-likeness (QED) is 0.488. The fourth-order valence-electron chi connectivity index (χ4n) is 3.66. The molecule has 1 aliphatic carbocycles. The molecule has 0 radical (unpaired) electrons. The predicted molar refractivity (Wildman–Crippen MR) is 106 cm³/mol. The molecule has 0 bridgehead atoms. The molecule has 5 nitrogen and oxygen atoms in total. The fourth-order valence-corrected chi connectivity index (χ4v) is 3.66. The maximum atomic E-state index is 12.4. The molecule has 1 N–H and O–H groups in total. The summed E-state index contributed by atoms with van der Waals surface area (Å²) in [4.78, 5) is 24.3. The van der Waals surface area contributed by atoms with Crippen molar-refractivity contribution in [3.8, 4) is 5.75 Å². The number of hydrogen-bond acceptors (Lipinski definition) is 4. The highest BCUT2D eigenvalue weighted by Gasteiger charge is 2.31. The van der Waals surface area contributed by atoms with Gasteiger partial charge in [0.05, 0.1) is 19.6 Å². The molecule has 2 unspecified atom stereocenters. The highest BCUT2D eigenvalue weighted by Crippen LogP contribution is 2.30. The van der Waals surface area contributed by atoms with Crippen LogP contribution in [0, 0.1) is 11.8 Å². The van der Waals surface area contributed by atoms with Crippen LogP contribution in [-0.2, 0) is 9.53 Å². The maximum Gasteiger partial charge on any atom is 0.309 e. The molecule has 0 spiro atoms. The van der Waals surface area contributed by atoms with Crippen LogP contribution in [0.5, 0.6) is 5.75 Å². The minimum Gasteiger partial charge on any atom is -0.494 e. The first kappa shape index (κ1) is 21.3. The van der Waals surface area contributed by atoms with E-state index in [0.717, 1.165) is 37.9 Å². The summed E-state index contributed by atoms with van der Waals surface area (Å²) in [5, 5.41) is 2.98. The molecule has 1 saturated carbocycles. The zero-order valence-electron chi connectivity index (χ0n) is 16.7. The second-order valence-corrected chi connectivity index (χ2v) is 7.32. The van der Waals surface area contributed by atoms with Gasteiger partial charge in [-0.3, -0.25) is 9.59 Å². The standard InChI is InChI=1S/C22H33NO4/c1-3-4-5-8-15-27-19-13-11-17(12-14-19)21(24)23-16-18-9-6-7-10-20(18)22(25)26-2/h11-14,18,20H,3-10,15-16H2,1-2H3,(H,23,24). The van der Waals surface area contributed by atoms with Crippen molar-refractivity contribution in [2.45, 2.75) is 58.3 Å². The number of amides is 1. The Morgan fingerprint density at radius 1 is 1.07 bits per heavy atom. The summed E-state index contributed by atoms with van der Waals surface area (Å²) in [6.07, 6.45) is 8.62. The van der Waals surface area contributed by atoms with Crippen molar-refractivity contribution in [1.29, 1.82) is 0 Å². The molecule has 0 aliphatic heterocycles. The Hall–Kier alpha value is -2.04. The average Bonchev–Trinajstić information content (AvgIpc) is 2.72. The number of methoxy groups -OCH3 is 1. The number of carbonyl (C=O) groups excluding carboxylic acids is 2. The van der Waals surface area contributed by atoms with Gasteiger partial charge in [-0.2, -0.15) is 0 Å². The summed E-state index contributed by atoms with van der Waals surface area (Å²) in [5.41, 5.74) is 0.610. The first-order valence-electron chi connectivity index (χ1n) is 10.2. The Bertz CT molecular complexity index is 584. The number of hydrogen-bond donors (Lipinski definition) is 1. The van der Waals surface area contributed by atoms with E-state index in [9.17, 15) is 9.59 Å². The van der Waals surface area contributed by atoms with Gasteiger partial charge in [-0.25, -0.2) is 0 Å². The Balaban J connectivity index is 1.78. The molecule has 0 heterocycles. The van der Waals surface area contributed by atoms with Crippen molar-refractivity contribution >= 4 is 11.9 Å². The van der Waals surface area contributed by atoms with Gasteiger partial charge in [0.15, 0.2) is 0 Å². The lowest BCUT2D eigenvalue weighted by molar-refractivity contribution is -0.148. The smallest absolute Gasteiger partial charge is 0.309 e. The van der Waals surface area contributed by atoms with Crippen molar-refractivity contribution in [2.75, 3.05) is 20.3 Å². The minimum atomic E-state index is -0.158. The highest BCUT2D eigenvalue weighted by atomic mass is 16.5. The molecule has 150 valence electrons. The van der Waals surface area contributed by atoms with E-state index in [0.29, 0.717) is 18.7 Å². The van der Waals surface area contributed by atoms with E-state index in [1.807, 2.05) is 12.1 Å². The summed E-state index contributed by atoms with van der Waals surface area (Å²) in [5.74, 6) is 0.572. The van der Waals surface area contributed by atoms with E-state index < -0.39 is 0 Å². The molecule has 1 aromatic carbocycles. The third-order valence-electron chi connectivity index (χ3n) is 5.32. The number of esters is 1. The number of unbranched alkanes of at least 4 members (excludes halogenated alkanes) is 3. The third-order valence-corrected chi connectivity index (χ3v) is 5.32. The van der Waals surface area contributed by atoms with Crippen LogP contribution >= 0.6 is 0 Å². The number of benzene rings is 1. The molecular weight excluding hydrogens is 342 g/mol. The van der Waals surface area contributed by atoms with Crippen LogP contribution < -0.4 is 10.1 Å². The summed E-state index contributed by atoms with van der Waals surface area (Å²) in [7, 11) is 1.43. The SMILES string of the molecule is CCCCCCOc1ccc(C(=O)NCC2CCCCC2C(=O)OC)cc1. The van der Waals surface area contributed by atoms with Gasteiger partial charge in [-0.15, -0.1) is 0 Å². The van der Waals surface area contributed by atoms with Gasteiger partial charge in [0.1, 0.15) is 5.75 Å². The van der Waals surface area contributed by atoms with Crippen molar-refractivity contribution in [3.05, 3.63) is 29.8 Å². The van der Waals surface area contributed by atoms with Crippen LogP contribution in [0.15, 0.2) is 24.3 Å². The number of carbonyl (C=O) groups is 2. The van der Waals surface area contributed by atoms with E-state index in [1.54, 1.807) is 12.1 Å². The lowest BCUT2D eigenvalue weighted by atomic mass is 9.79. The molecule has 27 heavy (non-hydrogen) atoms. The molecule has 2 rings (SSSR count). The number of nitrogens with one attached hydrogen (secondary N) is 1. The van der Waals surface area contributed by atoms with Crippen molar-refractivity contribution < 1.29 is 19.1 Å². The predicted octanol–water partition coefficient (Wildman–Crippen LogP) is 4.35. The van der Waals surface area contributed by atoms with Crippen molar-refractivity contribution in [3.63, 3.8) is 0 Å². The molecule has 1 aromatic rings. The lowest BCUT2D eigenvalue weighted by Gasteiger charge is -2.29. The Kier molecular flexibility index (Phi) is 9.16. The van der Waals surface area contributed by atoms with Gasteiger partial charge >= 0.3 is 5.97 Å². The van der Waals surface area contributed by atoms with E-state index in [4.69, 9.17) is 9.47 Å². The summed E-state index contributed by atoms with van der Waals surface area (Å²) in [6, 6.07) is 7.25. The molecule has 1 aliphatic rings. The molecule has 1 amide bonds. The number of ether oxygens (including phenoxy) is 2. The average molecular weight is 376 g/mol. The zero-order chi connectivity index (χ0) is 19.5. The van der Waals surface area contributed by atoms with E-state index in [-0.39, 0.29) is 23.7 Å². The molecular formula is C22H33NO4. The molecule has 2 atom stereocenters. The van der Waals surface area contributed by atoms with Gasteiger partial charge in [-0.1, -0.05) is 39.0 Å². The monoisotopic (exact) mass is 375 g/mol. The third kappa shape index (κ3) is 6.89. The molecule has 1 fully saturated rings. The fraction of sp³-hybridized carbons (Fsp3) is 0.636. The van der Waals surface area contributed by atoms with Crippen LogP contribution in [0.2, 0.25) is 0 Å². The topological polar surface area (TPSA) is 64.6 Å². The normalized spacial score (nSPS) is 19.3. The van der Waals surface area contributed by atoms with Crippen LogP contribution in [0.3, 0.4) is 0 Å². The van der Waals surface area contributed by atoms with Gasteiger partial charge in [0.2, 0.25) is 0 Å². The van der Waals surface area contributed by atoms with Crippen LogP contribution in [0.1, 0.15) is 68.6 Å². The highest BCUT2D eigenvalue weighted by molar-refractivity contribution is 5.94. The lowest BCUT2D eigenvalue weighted by Crippen LogP contribution is -2.37. The molecule has 0 saturated heterocycles. The van der Waals surface area contributed by atoms with Crippen molar-refractivity contribution in [2.24, 2.45) is 11.8 Å². The maximum absolute atomic E-state index is 12.4. The first-order chi connectivity index (χ1) is 13.2. The summed E-state index contributed by atoms with van der Waals surface area (Å²) >= 11 is 0. The molecule has 5 heteroatoms. The van der Waals surface area contributed by atoms with Gasteiger partial charge in [0, 0.05) is 12.1 Å². The first-order valence-corrected chi connectivity index (χ1v) is 10.2. The Morgan fingerprint density at radius 3 is 2.52 bits per heavy atom. The largest absolute Gasteiger partial charge is 0.494 e. The zero-order valence-corrected chi connectivity index (χ0v) is 16.7. The van der Waals surface area contributed by atoms with Crippen LogP contribution in [-0.4, -0.2) is 32.1 Å². The van der Waals surface area contributed by atoms with Crippen molar-refractivity contribution in [1.82, 2.24) is 5.32 Å². The minimum absolute atomic E-state index is 0.104. The van der Waals surface area contributed by atoms with E-state index in [2.05, 4.69) is 12.2 Å². The van der Waals surface area contributed by atoms with Crippen LogP contribution in [0.25, 0.3) is 0 Å². The summed E-state index contributed by atoms with van der Waals surface area (Å²) < 4.78 is 10.6. The van der Waals surface area contributed by atoms with E-state index in [1.165, 1.54) is 26.4 Å². The Morgan fingerprint density at radius 2 is 1.81 bits per heavy atom. The molecule has 0 aromatic heterocycles. The Labute approximate surface area is 162 Å². The van der Waals surface area contributed by atoms with E-state index >= 15 is 0 Å². The van der Waals surface area contributed by atoms with Crippen LogP contribution in [0.4, 0.5) is 0 Å². The van der Waals surface area contributed by atoms with Gasteiger partial charge < -0.3 is 14.8 Å². The van der Waals surface area contributed by atoms with Gasteiger partial charge in [0.25, 0.3) is 5.91 Å².